The van der Waals surface area contributed by atoms with Gasteiger partial charge < -0.3 is 0 Å². The van der Waals surface area contributed by atoms with Gasteiger partial charge in [0.2, 0.25) is 0 Å². The highest BCUT2D eigenvalue weighted by atomic mass is 32.2. The summed E-state index contributed by atoms with van der Waals surface area (Å²) in [7, 11) is 0. The molecule has 0 saturated heterocycles. The van der Waals surface area contributed by atoms with Crippen LogP contribution in [0.5, 0.6) is 0 Å². The lowest BCUT2D eigenvalue weighted by atomic mass is 9.93. The lowest BCUT2D eigenvalue weighted by molar-refractivity contribution is 0.401. The Morgan fingerprint density at radius 3 is 1.71 bits per heavy atom. The molecule has 0 aromatic rings. The molecular weight excluding hydrogens is 224 g/mol. The first-order valence-corrected chi connectivity index (χ1v) is 8.91. The van der Waals surface area contributed by atoms with Crippen LogP contribution < -0.4 is 0 Å². The van der Waals surface area contributed by atoms with Gasteiger partial charge in [0, 0.05) is 5.25 Å². The Kier molecular flexibility index (Phi) is 11.7. The Morgan fingerprint density at radius 1 is 0.765 bits per heavy atom. The molecule has 0 heterocycles. The molecule has 0 aliphatic carbocycles. The zero-order valence-corrected chi connectivity index (χ0v) is 13.6. The number of thioether (sulfide) groups is 1. The largest absolute Gasteiger partial charge is 0.162 e. The van der Waals surface area contributed by atoms with Crippen LogP contribution in [0.25, 0.3) is 0 Å². The topological polar surface area (TPSA) is 0 Å². The van der Waals surface area contributed by atoms with Crippen LogP contribution in [0.2, 0.25) is 0 Å². The van der Waals surface area contributed by atoms with Gasteiger partial charge in [-0.1, -0.05) is 72.6 Å². The summed E-state index contributed by atoms with van der Waals surface area (Å²) >= 11 is 2.00. The van der Waals surface area contributed by atoms with E-state index in [1.165, 1.54) is 51.4 Å². The van der Waals surface area contributed by atoms with Crippen molar-refractivity contribution in [1.29, 1.82) is 0 Å². The Bertz CT molecular complexity index is 156. The fourth-order valence-corrected chi connectivity index (χ4v) is 2.87. The van der Waals surface area contributed by atoms with E-state index in [9.17, 15) is 0 Å². The van der Waals surface area contributed by atoms with Crippen LogP contribution in [0.4, 0.5) is 0 Å². The van der Waals surface area contributed by atoms with Crippen molar-refractivity contribution in [3.8, 4) is 0 Å². The van der Waals surface area contributed by atoms with Crippen LogP contribution in [0, 0.1) is 11.8 Å². The molecule has 1 heteroatoms. The van der Waals surface area contributed by atoms with Crippen molar-refractivity contribution in [1.82, 2.24) is 0 Å². The van der Waals surface area contributed by atoms with E-state index in [4.69, 9.17) is 0 Å². The van der Waals surface area contributed by atoms with Crippen LogP contribution >= 0.6 is 11.8 Å². The van der Waals surface area contributed by atoms with E-state index >= 15 is 0 Å². The quantitative estimate of drug-likeness (QED) is 0.428. The molecular formula is C16H34S. The Balaban J connectivity index is 3.37. The summed E-state index contributed by atoms with van der Waals surface area (Å²) in [5, 5.41) is 0.853. The molecule has 0 aliphatic heterocycles. The third-order valence-corrected chi connectivity index (χ3v) is 4.93. The van der Waals surface area contributed by atoms with Gasteiger partial charge in [-0.25, -0.2) is 0 Å². The van der Waals surface area contributed by atoms with Gasteiger partial charge >= 0.3 is 0 Å². The lowest BCUT2D eigenvalue weighted by Gasteiger charge is -2.14. The number of hydrogen-bond donors (Lipinski definition) is 0. The molecule has 0 bridgehead atoms. The van der Waals surface area contributed by atoms with E-state index in [0.717, 1.165) is 17.1 Å². The highest BCUT2D eigenvalue weighted by Crippen LogP contribution is 2.21. The second-order valence-electron chi connectivity index (χ2n) is 5.91. The second-order valence-corrected chi connectivity index (χ2v) is 7.18. The molecule has 104 valence electrons. The molecule has 0 aliphatic rings. The second kappa shape index (κ2) is 11.4. The maximum Gasteiger partial charge on any atom is 0.00159 e. The predicted octanol–water partition coefficient (Wildman–Crippen LogP) is 6.15. The molecule has 0 rings (SSSR count). The van der Waals surface area contributed by atoms with E-state index in [1.807, 2.05) is 11.8 Å². The molecule has 3 atom stereocenters. The third-order valence-electron chi connectivity index (χ3n) is 3.89. The first kappa shape index (κ1) is 17.4. The highest BCUT2D eigenvalue weighted by Gasteiger charge is 2.06. The molecule has 17 heavy (non-hydrogen) atoms. The van der Waals surface area contributed by atoms with Gasteiger partial charge in [-0.15, -0.1) is 0 Å². The van der Waals surface area contributed by atoms with Crippen molar-refractivity contribution in [3.63, 3.8) is 0 Å². The van der Waals surface area contributed by atoms with Crippen molar-refractivity contribution in [2.24, 2.45) is 11.8 Å². The number of rotatable bonds is 11. The maximum absolute atomic E-state index is 2.44. The molecule has 0 aromatic carbocycles. The van der Waals surface area contributed by atoms with E-state index in [-0.39, 0.29) is 0 Å². The van der Waals surface area contributed by atoms with Crippen molar-refractivity contribution < 1.29 is 0 Å². The Labute approximate surface area is 114 Å². The van der Waals surface area contributed by atoms with Crippen LogP contribution in [-0.4, -0.2) is 11.5 Å². The normalized spacial score (nSPS) is 16.8. The van der Waals surface area contributed by atoms with Gasteiger partial charge in [-0.2, -0.15) is 11.8 Å². The highest BCUT2D eigenvalue weighted by molar-refractivity contribution is 7.99. The predicted molar refractivity (Wildman–Crippen MR) is 83.9 cm³/mol. The fraction of sp³-hybridized carbons (Fsp3) is 1.00. The molecule has 0 fully saturated rings. The zero-order valence-electron chi connectivity index (χ0n) is 12.8. The summed E-state index contributed by atoms with van der Waals surface area (Å²) in [5.41, 5.74) is 0. The average molecular weight is 259 g/mol. The first-order valence-electron chi connectivity index (χ1n) is 7.62. The molecule has 0 radical (unpaired) electrons. The van der Waals surface area contributed by atoms with Crippen molar-refractivity contribution >= 4 is 11.8 Å². The van der Waals surface area contributed by atoms with Crippen molar-refractivity contribution in [3.05, 3.63) is 0 Å². The molecule has 3 unspecified atom stereocenters. The molecule has 0 N–H and O–H groups in total. The summed E-state index contributed by atoms with van der Waals surface area (Å²) in [6.45, 7) is 9.50. The van der Waals surface area contributed by atoms with Crippen LogP contribution in [-0.2, 0) is 0 Å². The number of hydrogen-bond acceptors (Lipinski definition) is 1. The minimum atomic E-state index is 0.853. The van der Waals surface area contributed by atoms with E-state index in [0.29, 0.717) is 0 Å². The monoisotopic (exact) mass is 258 g/mol. The zero-order chi connectivity index (χ0) is 13.1. The van der Waals surface area contributed by atoms with Gasteiger partial charge in [-0.05, 0) is 24.5 Å². The van der Waals surface area contributed by atoms with Crippen molar-refractivity contribution in [2.45, 2.75) is 84.3 Å². The molecule has 0 spiro atoms. The van der Waals surface area contributed by atoms with Gasteiger partial charge in [0.15, 0.2) is 0 Å². The van der Waals surface area contributed by atoms with Crippen LogP contribution in [0.3, 0.4) is 0 Å². The van der Waals surface area contributed by atoms with Crippen LogP contribution in [0.1, 0.15) is 79.1 Å². The molecule has 0 aromatic heterocycles. The van der Waals surface area contributed by atoms with E-state index in [1.54, 1.807) is 0 Å². The summed E-state index contributed by atoms with van der Waals surface area (Å²) in [4.78, 5) is 0. The SMILES string of the molecule is CCCC(C)CCCC(C)CCCC(C)SC. The average Bonchev–Trinajstić information content (AvgIpc) is 2.29. The minimum Gasteiger partial charge on any atom is -0.162 e. The van der Waals surface area contributed by atoms with Gasteiger partial charge in [-0.3, -0.25) is 0 Å². The molecule has 0 saturated carbocycles. The Hall–Kier alpha value is 0.350. The maximum atomic E-state index is 2.44. The van der Waals surface area contributed by atoms with Crippen molar-refractivity contribution in [2.75, 3.05) is 6.26 Å². The first-order chi connectivity index (χ1) is 8.10. The van der Waals surface area contributed by atoms with Gasteiger partial charge in [0.25, 0.3) is 0 Å². The van der Waals surface area contributed by atoms with Crippen LogP contribution in [0.15, 0.2) is 0 Å². The molecule has 0 nitrogen and oxygen atoms in total. The fourth-order valence-electron chi connectivity index (χ4n) is 2.47. The lowest BCUT2D eigenvalue weighted by Crippen LogP contribution is -2.01. The third kappa shape index (κ3) is 11.2. The molecule has 0 amide bonds. The van der Waals surface area contributed by atoms with Gasteiger partial charge in [0.1, 0.15) is 0 Å². The summed E-state index contributed by atoms with van der Waals surface area (Å²) in [6.07, 6.45) is 13.6. The van der Waals surface area contributed by atoms with Gasteiger partial charge in [0.05, 0.1) is 0 Å². The summed E-state index contributed by atoms with van der Waals surface area (Å²) in [6, 6.07) is 0. The summed E-state index contributed by atoms with van der Waals surface area (Å²) in [5.74, 6) is 1.89. The van der Waals surface area contributed by atoms with E-state index < -0.39 is 0 Å². The smallest absolute Gasteiger partial charge is 0.00159 e. The Morgan fingerprint density at radius 2 is 1.24 bits per heavy atom. The minimum absolute atomic E-state index is 0.853. The standard InChI is InChI=1S/C16H34S/c1-6-9-14(2)10-7-11-15(3)12-8-13-16(4)17-5/h14-16H,6-13H2,1-5H3. The van der Waals surface area contributed by atoms with E-state index in [2.05, 4.69) is 34.0 Å². The summed E-state index contributed by atoms with van der Waals surface area (Å²) < 4.78 is 0.